The molecule has 8 nitrogen and oxygen atoms in total. The minimum atomic E-state index is -1.13. The lowest BCUT2D eigenvalue weighted by Gasteiger charge is -2.24. The molecule has 2 heterocycles. The fourth-order valence-corrected chi connectivity index (χ4v) is 3.41. The van der Waals surface area contributed by atoms with Gasteiger partial charge in [0.25, 0.3) is 5.91 Å². The van der Waals surface area contributed by atoms with Gasteiger partial charge >= 0.3 is 5.97 Å². The number of nitrogens with zero attached hydrogens (tertiary/aromatic N) is 2. The third-order valence-corrected chi connectivity index (χ3v) is 5.00. The summed E-state index contributed by atoms with van der Waals surface area (Å²) in [5.74, 6) is -0.556. The molecule has 0 saturated carbocycles. The van der Waals surface area contributed by atoms with Crippen molar-refractivity contribution in [2.75, 3.05) is 17.2 Å². The number of benzene rings is 2. The Bertz CT molecular complexity index is 1150. The van der Waals surface area contributed by atoms with Crippen molar-refractivity contribution in [3.05, 3.63) is 82.7 Å². The Morgan fingerprint density at radius 2 is 1.90 bits per heavy atom. The predicted molar refractivity (Wildman–Crippen MR) is 117 cm³/mol. The lowest BCUT2D eigenvalue weighted by molar-refractivity contribution is -0.132. The molecule has 158 valence electrons. The number of carboxylic acid groups (broad SMARTS) is 1. The van der Waals surface area contributed by atoms with Crippen molar-refractivity contribution in [3.8, 4) is 5.75 Å². The van der Waals surface area contributed by atoms with Gasteiger partial charge in [-0.25, -0.2) is 9.48 Å². The SMILES string of the molecule is CCOc1ccc(NC(=O)c2cnn3c2NC(C(=O)O)=CC3c2ccc(Cl)cc2)cc1. The van der Waals surface area contributed by atoms with Crippen LogP contribution in [0.25, 0.3) is 0 Å². The molecular weight excluding hydrogens is 420 g/mol. The van der Waals surface area contributed by atoms with Crippen molar-refractivity contribution in [2.45, 2.75) is 13.0 Å². The summed E-state index contributed by atoms with van der Waals surface area (Å²) >= 11 is 5.97. The van der Waals surface area contributed by atoms with E-state index in [1.807, 2.05) is 6.92 Å². The van der Waals surface area contributed by atoms with Crippen molar-refractivity contribution >= 4 is 35.0 Å². The van der Waals surface area contributed by atoms with E-state index in [9.17, 15) is 14.7 Å². The molecule has 0 radical (unpaired) electrons. The number of aromatic nitrogens is 2. The van der Waals surface area contributed by atoms with Gasteiger partial charge in [-0.15, -0.1) is 0 Å². The first-order valence-electron chi connectivity index (χ1n) is 9.55. The molecule has 4 rings (SSSR count). The lowest BCUT2D eigenvalue weighted by Crippen LogP contribution is -2.25. The third kappa shape index (κ3) is 4.24. The van der Waals surface area contributed by atoms with Crippen molar-refractivity contribution in [3.63, 3.8) is 0 Å². The predicted octanol–water partition coefficient (Wildman–Crippen LogP) is 4.17. The molecule has 2 aromatic carbocycles. The number of halogens is 1. The van der Waals surface area contributed by atoms with Gasteiger partial charge in [0.2, 0.25) is 0 Å². The molecule has 0 bridgehead atoms. The van der Waals surface area contributed by atoms with Crippen LogP contribution in [0, 0.1) is 0 Å². The molecule has 3 N–H and O–H groups in total. The van der Waals surface area contributed by atoms with Crippen LogP contribution < -0.4 is 15.4 Å². The van der Waals surface area contributed by atoms with Gasteiger partial charge in [0.1, 0.15) is 22.8 Å². The molecule has 1 atom stereocenters. The van der Waals surface area contributed by atoms with Crippen LogP contribution >= 0.6 is 11.6 Å². The monoisotopic (exact) mass is 438 g/mol. The number of carboxylic acids is 1. The quantitative estimate of drug-likeness (QED) is 0.533. The molecule has 0 spiro atoms. The van der Waals surface area contributed by atoms with Crippen molar-refractivity contribution in [1.82, 2.24) is 9.78 Å². The summed E-state index contributed by atoms with van der Waals surface area (Å²) in [6, 6.07) is 13.5. The van der Waals surface area contributed by atoms with Crippen LogP contribution in [0.4, 0.5) is 11.5 Å². The van der Waals surface area contributed by atoms with Crippen LogP contribution in [0.3, 0.4) is 0 Å². The molecular formula is C22H19ClN4O4. The molecule has 31 heavy (non-hydrogen) atoms. The average Bonchev–Trinajstić information content (AvgIpc) is 3.19. The van der Waals surface area contributed by atoms with Crippen LogP contribution in [-0.4, -0.2) is 33.4 Å². The van der Waals surface area contributed by atoms with E-state index in [-0.39, 0.29) is 11.3 Å². The normalized spacial score (nSPS) is 14.8. The fraction of sp³-hybridized carbons (Fsp3) is 0.136. The van der Waals surface area contributed by atoms with E-state index < -0.39 is 17.9 Å². The highest BCUT2D eigenvalue weighted by Crippen LogP contribution is 2.33. The van der Waals surface area contributed by atoms with Gasteiger partial charge in [0.05, 0.1) is 18.8 Å². The summed E-state index contributed by atoms with van der Waals surface area (Å²) < 4.78 is 6.97. The molecule has 1 unspecified atom stereocenters. The van der Waals surface area contributed by atoms with Gasteiger partial charge in [-0.3, -0.25) is 4.79 Å². The second kappa shape index (κ2) is 8.53. The van der Waals surface area contributed by atoms with E-state index in [2.05, 4.69) is 15.7 Å². The maximum atomic E-state index is 12.9. The van der Waals surface area contributed by atoms with Gasteiger partial charge in [0.15, 0.2) is 0 Å². The topological polar surface area (TPSA) is 105 Å². The number of anilines is 2. The number of carbonyl (C=O) groups is 2. The van der Waals surface area contributed by atoms with Crippen LogP contribution in [0.5, 0.6) is 5.75 Å². The molecule has 9 heteroatoms. The maximum absolute atomic E-state index is 12.9. The number of amides is 1. The van der Waals surface area contributed by atoms with Crippen LogP contribution in [-0.2, 0) is 4.79 Å². The molecule has 1 amide bonds. The average molecular weight is 439 g/mol. The zero-order valence-corrected chi connectivity index (χ0v) is 17.3. The fourth-order valence-electron chi connectivity index (χ4n) is 3.28. The summed E-state index contributed by atoms with van der Waals surface area (Å²) in [7, 11) is 0. The Kier molecular flexibility index (Phi) is 5.64. The van der Waals surface area contributed by atoms with Gasteiger partial charge < -0.3 is 20.5 Å². The van der Waals surface area contributed by atoms with Crippen molar-refractivity contribution in [1.29, 1.82) is 0 Å². The molecule has 3 aromatic rings. The third-order valence-electron chi connectivity index (χ3n) is 4.75. The first-order valence-corrected chi connectivity index (χ1v) is 9.93. The van der Waals surface area contributed by atoms with E-state index in [1.54, 1.807) is 59.3 Å². The summed E-state index contributed by atoms with van der Waals surface area (Å²) in [6.45, 7) is 2.44. The highest BCUT2D eigenvalue weighted by molar-refractivity contribution is 6.30. The first kappa shape index (κ1) is 20.5. The van der Waals surface area contributed by atoms with Crippen molar-refractivity contribution in [2.24, 2.45) is 0 Å². The Morgan fingerprint density at radius 1 is 1.19 bits per heavy atom. The van der Waals surface area contributed by atoms with Gasteiger partial charge in [-0.05, 0) is 55.0 Å². The van der Waals surface area contributed by atoms with Crippen LogP contribution in [0.1, 0.15) is 28.9 Å². The Balaban J connectivity index is 1.64. The number of fused-ring (bicyclic) bond motifs is 1. The summed E-state index contributed by atoms with van der Waals surface area (Å²) in [5, 5.41) is 20.1. The maximum Gasteiger partial charge on any atom is 0.352 e. The molecule has 1 aliphatic rings. The molecule has 0 fully saturated rings. The van der Waals surface area contributed by atoms with Crippen LogP contribution in [0.2, 0.25) is 5.02 Å². The standard InChI is InChI=1S/C22H19ClN4O4/c1-2-31-16-9-7-15(8-10-16)25-21(28)17-12-24-27-19(13-3-5-14(23)6-4-13)11-18(22(29)30)26-20(17)27/h3-12,19,26H,2H2,1H3,(H,25,28)(H,29,30). The molecule has 0 aliphatic carbocycles. The summed E-state index contributed by atoms with van der Waals surface area (Å²) in [6.07, 6.45) is 2.95. The number of nitrogens with one attached hydrogen (secondary N) is 2. The Labute approximate surface area is 183 Å². The molecule has 1 aliphatic heterocycles. The number of rotatable bonds is 6. The highest BCUT2D eigenvalue weighted by atomic mass is 35.5. The smallest absolute Gasteiger partial charge is 0.352 e. The van der Waals surface area contributed by atoms with Gasteiger partial charge in [-0.2, -0.15) is 5.10 Å². The van der Waals surface area contributed by atoms with E-state index in [4.69, 9.17) is 16.3 Å². The van der Waals surface area contributed by atoms with E-state index in [1.165, 1.54) is 6.20 Å². The highest BCUT2D eigenvalue weighted by Gasteiger charge is 2.29. The second-order valence-electron chi connectivity index (χ2n) is 6.77. The van der Waals surface area contributed by atoms with Crippen LogP contribution in [0.15, 0.2) is 66.5 Å². The number of hydrogen-bond acceptors (Lipinski definition) is 5. The zero-order valence-electron chi connectivity index (χ0n) is 16.5. The lowest BCUT2D eigenvalue weighted by atomic mass is 10.0. The second-order valence-corrected chi connectivity index (χ2v) is 7.21. The summed E-state index contributed by atoms with van der Waals surface area (Å²) in [5.41, 5.74) is 1.54. The Morgan fingerprint density at radius 3 is 2.55 bits per heavy atom. The van der Waals surface area contributed by atoms with Gasteiger partial charge in [-0.1, -0.05) is 23.7 Å². The minimum Gasteiger partial charge on any atom is -0.494 e. The van der Waals surface area contributed by atoms with Gasteiger partial charge in [0, 0.05) is 10.7 Å². The van der Waals surface area contributed by atoms with E-state index in [0.29, 0.717) is 28.9 Å². The molecule has 0 saturated heterocycles. The number of carbonyl (C=O) groups excluding carboxylic acids is 1. The largest absolute Gasteiger partial charge is 0.494 e. The summed E-state index contributed by atoms with van der Waals surface area (Å²) in [4.78, 5) is 24.6. The van der Waals surface area contributed by atoms with Crippen molar-refractivity contribution < 1.29 is 19.4 Å². The number of allylic oxidation sites excluding steroid dienone is 1. The zero-order chi connectivity index (χ0) is 22.0. The number of ether oxygens (including phenoxy) is 1. The van der Waals surface area contributed by atoms with E-state index in [0.717, 1.165) is 5.56 Å². The Hall–Kier alpha value is -3.78. The van der Waals surface area contributed by atoms with E-state index >= 15 is 0 Å². The first-order chi connectivity index (χ1) is 15.0. The number of aliphatic carboxylic acids is 1. The molecule has 1 aromatic heterocycles. The number of hydrogen-bond donors (Lipinski definition) is 3. The minimum absolute atomic E-state index is 0.0388.